The van der Waals surface area contributed by atoms with Gasteiger partial charge in [0.25, 0.3) is 0 Å². The Morgan fingerprint density at radius 1 is 0.909 bits per heavy atom. The van der Waals surface area contributed by atoms with E-state index in [1.165, 1.54) is 31.7 Å². The number of ether oxygens (including phenoxy) is 1. The lowest BCUT2D eigenvalue weighted by atomic mass is 9.64. The number of allylic oxidation sites excluding steroid dienone is 2. The molecule has 2 saturated carbocycles. The molecule has 2 aromatic carbocycles. The average molecular weight is 457 g/mol. The fourth-order valence-corrected chi connectivity index (χ4v) is 5.47. The predicted octanol–water partition coefficient (Wildman–Crippen LogP) is 7.84. The zero-order valence-corrected chi connectivity index (χ0v) is 18.7. The zero-order valence-electron chi connectivity index (χ0n) is 18.7. The number of rotatable bonds is 4. The molecule has 4 rings (SSSR count). The smallest absolute Gasteiger partial charge is 0.387 e. The Morgan fingerprint density at radius 3 is 2.42 bits per heavy atom. The summed E-state index contributed by atoms with van der Waals surface area (Å²) in [5, 5.41) is 0. The van der Waals surface area contributed by atoms with Crippen molar-refractivity contribution in [3.05, 3.63) is 76.9 Å². The molecule has 0 aliphatic heterocycles. The second-order valence-corrected chi connectivity index (χ2v) is 9.14. The van der Waals surface area contributed by atoms with Gasteiger partial charge in [0.05, 0.1) is 5.56 Å². The van der Waals surface area contributed by atoms with Crippen LogP contribution in [0, 0.1) is 41.2 Å². The molecule has 1 nitrogen and oxygen atoms in total. The Bertz CT molecular complexity index is 1070. The van der Waals surface area contributed by atoms with E-state index in [1.54, 1.807) is 12.1 Å². The summed E-state index contributed by atoms with van der Waals surface area (Å²) >= 11 is 0. The van der Waals surface area contributed by atoms with Gasteiger partial charge in [0.2, 0.25) is 0 Å². The number of hydrogen-bond acceptors (Lipinski definition) is 1. The van der Waals surface area contributed by atoms with Crippen molar-refractivity contribution in [2.75, 3.05) is 0 Å². The van der Waals surface area contributed by atoms with Crippen molar-refractivity contribution >= 4 is 0 Å². The van der Waals surface area contributed by atoms with Gasteiger partial charge in [-0.1, -0.05) is 30.1 Å². The predicted molar refractivity (Wildman–Crippen MR) is 121 cm³/mol. The minimum absolute atomic E-state index is 0.229. The molecule has 174 valence electrons. The molecule has 4 unspecified atom stereocenters. The summed E-state index contributed by atoms with van der Waals surface area (Å²) in [5.74, 6) is 6.13. The molecule has 0 radical (unpaired) electrons. The van der Waals surface area contributed by atoms with E-state index in [9.17, 15) is 17.6 Å². The average Bonchev–Trinajstić information content (AvgIpc) is 2.79. The highest BCUT2D eigenvalue weighted by atomic mass is 19.3. The topological polar surface area (TPSA) is 9.23 Å². The summed E-state index contributed by atoms with van der Waals surface area (Å²) in [4.78, 5) is 0. The first kappa shape index (κ1) is 23.4. The Morgan fingerprint density at radius 2 is 1.70 bits per heavy atom. The monoisotopic (exact) mass is 456 g/mol. The summed E-state index contributed by atoms with van der Waals surface area (Å²) in [6.07, 6.45) is 11.7. The largest absolute Gasteiger partial charge is 0.432 e. The van der Waals surface area contributed by atoms with Crippen LogP contribution in [0.4, 0.5) is 17.6 Å². The third-order valence-corrected chi connectivity index (χ3v) is 7.07. The molecule has 2 fully saturated rings. The van der Waals surface area contributed by atoms with Crippen LogP contribution in [0.5, 0.6) is 5.75 Å². The van der Waals surface area contributed by atoms with Gasteiger partial charge in [-0.15, -0.1) is 0 Å². The van der Waals surface area contributed by atoms with Gasteiger partial charge in [0.15, 0.2) is 11.6 Å². The first-order chi connectivity index (χ1) is 15.9. The number of hydrogen-bond donors (Lipinski definition) is 0. The molecule has 0 aromatic heterocycles. The number of halogens is 4. The van der Waals surface area contributed by atoms with E-state index in [0.717, 1.165) is 42.4 Å². The van der Waals surface area contributed by atoms with Crippen LogP contribution in [0.25, 0.3) is 0 Å². The number of benzene rings is 2. The van der Waals surface area contributed by atoms with Crippen molar-refractivity contribution in [1.29, 1.82) is 0 Å². The highest BCUT2D eigenvalue weighted by molar-refractivity contribution is 5.46. The third kappa shape index (κ3) is 5.79. The van der Waals surface area contributed by atoms with E-state index >= 15 is 0 Å². The van der Waals surface area contributed by atoms with E-state index < -0.39 is 24.0 Å². The lowest BCUT2D eigenvalue weighted by Gasteiger charge is -2.41. The molecule has 0 N–H and O–H groups in total. The normalized spacial score (nSPS) is 24.9. The second kappa shape index (κ2) is 10.5. The molecule has 0 bridgehead atoms. The van der Waals surface area contributed by atoms with Crippen molar-refractivity contribution in [1.82, 2.24) is 0 Å². The van der Waals surface area contributed by atoms with Gasteiger partial charge in [-0.25, -0.2) is 8.78 Å². The fourth-order valence-electron chi connectivity index (χ4n) is 5.47. The van der Waals surface area contributed by atoms with Crippen LogP contribution in [-0.2, 0) is 0 Å². The Kier molecular flexibility index (Phi) is 7.42. The maximum atomic E-state index is 14.8. The third-order valence-electron chi connectivity index (χ3n) is 7.07. The highest BCUT2D eigenvalue weighted by Gasteiger charge is 2.35. The van der Waals surface area contributed by atoms with Crippen LogP contribution in [0.2, 0.25) is 0 Å². The first-order valence-corrected chi connectivity index (χ1v) is 11.6. The number of fused-ring (bicyclic) bond motifs is 1. The molecule has 2 aromatic rings. The van der Waals surface area contributed by atoms with Crippen LogP contribution >= 0.6 is 0 Å². The lowest BCUT2D eigenvalue weighted by molar-refractivity contribution is -0.0521. The highest BCUT2D eigenvalue weighted by Crippen LogP contribution is 2.47. The van der Waals surface area contributed by atoms with Gasteiger partial charge in [-0.3, -0.25) is 0 Å². The second-order valence-electron chi connectivity index (χ2n) is 9.14. The van der Waals surface area contributed by atoms with Gasteiger partial charge in [0, 0.05) is 5.56 Å². The standard InChI is InChI=1S/C28H28F4O/c1-2-3-18-5-8-22-16-23(12-11-21(22)14-18)24-10-9-20(25(29)17-24)7-4-19-6-13-27(26(30)15-19)33-28(31)32/h2-3,6,9-10,13,15,17-18,21-23,28H,5,8,11-12,14,16H2,1H3/b3-2+. The summed E-state index contributed by atoms with van der Waals surface area (Å²) in [5.41, 5.74) is 1.50. The molecular weight excluding hydrogens is 428 g/mol. The van der Waals surface area contributed by atoms with E-state index in [0.29, 0.717) is 11.8 Å². The van der Waals surface area contributed by atoms with Crippen LogP contribution < -0.4 is 4.74 Å². The maximum Gasteiger partial charge on any atom is 0.387 e. The summed E-state index contributed by atoms with van der Waals surface area (Å²) in [6.45, 7) is -1.02. The van der Waals surface area contributed by atoms with E-state index in [2.05, 4.69) is 35.7 Å². The van der Waals surface area contributed by atoms with Gasteiger partial charge < -0.3 is 4.74 Å². The van der Waals surface area contributed by atoms with Crippen LogP contribution in [0.3, 0.4) is 0 Å². The molecule has 4 atom stereocenters. The quantitative estimate of drug-likeness (QED) is 0.259. The molecule has 0 amide bonds. The molecule has 2 aliphatic rings. The molecular formula is C28H28F4O. The molecule has 2 aliphatic carbocycles. The lowest BCUT2D eigenvalue weighted by Crippen LogP contribution is -2.30. The Balaban J connectivity index is 1.42. The Hall–Kier alpha value is -2.74. The Labute approximate surface area is 192 Å². The number of alkyl halides is 2. The molecule has 0 spiro atoms. The molecule has 5 heteroatoms. The molecule has 33 heavy (non-hydrogen) atoms. The SMILES string of the molecule is C/C=C/C1CCC2CC(c3ccc(C#Cc4ccc(OC(F)F)c(F)c4)c(F)c3)CCC2C1. The van der Waals surface area contributed by atoms with E-state index in [1.807, 2.05) is 6.07 Å². The van der Waals surface area contributed by atoms with E-state index in [4.69, 9.17) is 0 Å². The van der Waals surface area contributed by atoms with Gasteiger partial charge in [0.1, 0.15) is 5.82 Å². The maximum absolute atomic E-state index is 14.8. The molecule has 0 saturated heterocycles. The van der Waals surface area contributed by atoms with Crippen molar-refractivity contribution in [3.8, 4) is 17.6 Å². The van der Waals surface area contributed by atoms with Crippen molar-refractivity contribution in [2.45, 2.75) is 58.0 Å². The van der Waals surface area contributed by atoms with Crippen LogP contribution in [-0.4, -0.2) is 6.61 Å². The fraction of sp³-hybridized carbons (Fsp3) is 0.429. The van der Waals surface area contributed by atoms with Crippen LogP contribution in [0.1, 0.15) is 68.1 Å². The minimum atomic E-state index is -3.10. The van der Waals surface area contributed by atoms with Gasteiger partial charge in [-0.05, 0) is 105 Å². The zero-order chi connectivity index (χ0) is 23.4. The van der Waals surface area contributed by atoms with Crippen molar-refractivity contribution < 1.29 is 22.3 Å². The van der Waals surface area contributed by atoms with Crippen LogP contribution in [0.15, 0.2) is 48.6 Å². The van der Waals surface area contributed by atoms with Crippen molar-refractivity contribution in [3.63, 3.8) is 0 Å². The first-order valence-electron chi connectivity index (χ1n) is 11.6. The van der Waals surface area contributed by atoms with E-state index in [-0.39, 0.29) is 11.1 Å². The molecule has 0 heterocycles. The van der Waals surface area contributed by atoms with Crippen molar-refractivity contribution in [2.24, 2.45) is 17.8 Å². The summed E-state index contributed by atoms with van der Waals surface area (Å²) < 4.78 is 57.2. The summed E-state index contributed by atoms with van der Waals surface area (Å²) in [7, 11) is 0. The minimum Gasteiger partial charge on any atom is -0.432 e. The summed E-state index contributed by atoms with van der Waals surface area (Å²) in [6, 6.07) is 8.67. The van der Waals surface area contributed by atoms with Gasteiger partial charge >= 0.3 is 6.61 Å². The van der Waals surface area contributed by atoms with Gasteiger partial charge in [-0.2, -0.15) is 8.78 Å².